The molecule has 2 N–H and O–H groups in total. The lowest BCUT2D eigenvalue weighted by atomic mass is 9.97. The summed E-state index contributed by atoms with van der Waals surface area (Å²) in [6.45, 7) is 0.0383. The maximum Gasteiger partial charge on any atom is 0.255 e. The first kappa shape index (κ1) is 24.7. The summed E-state index contributed by atoms with van der Waals surface area (Å²) >= 11 is 1.21. The molecular weight excluding hydrogens is 496 g/mol. The van der Waals surface area contributed by atoms with Crippen molar-refractivity contribution in [3.63, 3.8) is 0 Å². The molecule has 0 bridgehead atoms. The quantitative estimate of drug-likeness (QED) is 0.317. The molecule has 2 saturated carbocycles. The molecule has 2 unspecified atom stereocenters. The van der Waals surface area contributed by atoms with E-state index in [1.165, 1.54) is 23.9 Å². The number of amides is 1. The lowest BCUT2D eigenvalue weighted by Gasteiger charge is -2.20. The summed E-state index contributed by atoms with van der Waals surface area (Å²) in [5.74, 6) is -5.88. The molecule has 2 atom stereocenters. The van der Waals surface area contributed by atoms with Gasteiger partial charge in [-0.25, -0.2) is 30.7 Å². The summed E-state index contributed by atoms with van der Waals surface area (Å²) < 4.78 is 79.4. The molecule has 2 aromatic rings. The highest BCUT2D eigenvalue weighted by Gasteiger charge is 2.68. The van der Waals surface area contributed by atoms with Crippen LogP contribution >= 0.6 is 11.8 Å². The second-order valence-corrected chi connectivity index (χ2v) is 11.8. The number of rotatable bonds is 8. The molecule has 12 heteroatoms. The van der Waals surface area contributed by atoms with Crippen LogP contribution in [-0.4, -0.2) is 38.7 Å². The van der Waals surface area contributed by atoms with Crippen molar-refractivity contribution in [3.05, 3.63) is 59.2 Å². The minimum atomic E-state index is -3.43. The predicted molar refractivity (Wildman–Crippen MR) is 118 cm³/mol. The maximum absolute atomic E-state index is 14.4. The Morgan fingerprint density at radius 1 is 1.09 bits per heavy atom. The van der Waals surface area contributed by atoms with Crippen LogP contribution in [0.2, 0.25) is 0 Å². The number of anilines is 1. The third-order valence-electron chi connectivity index (χ3n) is 6.38. The molecule has 6 nitrogen and oxygen atoms in total. The molecule has 2 aliphatic rings. The van der Waals surface area contributed by atoms with Crippen LogP contribution in [0.1, 0.15) is 23.2 Å². The second kappa shape index (κ2) is 8.97. The standard InChI is InChI=1S/C22H20F4N2O4S2/c1-34(31,32)27-9-22(10-29)14-7-13(8-15(14)22)33-19-4-11(2-3-16(19)23)21(30)28-12-5-17(24)20(26)18(25)6-12/h2-6,10,13-15,27H,7-9H2,1H3,(H,28,30). The summed E-state index contributed by atoms with van der Waals surface area (Å²) in [5, 5.41) is 2.22. The van der Waals surface area contributed by atoms with Gasteiger partial charge in [0.15, 0.2) is 17.5 Å². The van der Waals surface area contributed by atoms with Gasteiger partial charge in [-0.15, -0.1) is 11.8 Å². The Bertz CT molecular complexity index is 1240. The number of fused-ring (bicyclic) bond motifs is 1. The van der Waals surface area contributed by atoms with E-state index < -0.39 is 44.6 Å². The molecule has 2 aliphatic carbocycles. The third kappa shape index (κ3) is 4.84. The van der Waals surface area contributed by atoms with Gasteiger partial charge in [0.25, 0.3) is 5.91 Å². The fourth-order valence-corrected chi connectivity index (χ4v) is 6.49. The molecule has 2 aromatic carbocycles. The average Bonchev–Trinajstić information content (AvgIpc) is 3.11. The molecule has 2 fully saturated rings. The summed E-state index contributed by atoms with van der Waals surface area (Å²) in [7, 11) is -3.43. The number of thioether (sulfide) groups is 1. The number of carbonyl (C=O) groups is 2. The fourth-order valence-electron chi connectivity index (χ4n) is 4.64. The fraction of sp³-hybridized carbons (Fsp3) is 0.364. The Kier molecular flexibility index (Phi) is 6.51. The number of hydrogen-bond acceptors (Lipinski definition) is 5. The van der Waals surface area contributed by atoms with E-state index in [0.717, 1.165) is 18.6 Å². The molecule has 0 aromatic heterocycles. The van der Waals surface area contributed by atoms with Gasteiger partial charge in [0, 0.05) is 45.5 Å². The molecule has 0 spiro atoms. The number of aldehydes is 1. The van der Waals surface area contributed by atoms with E-state index in [0.29, 0.717) is 25.0 Å². The van der Waals surface area contributed by atoms with Crippen LogP contribution in [0, 0.1) is 40.5 Å². The number of carbonyl (C=O) groups excluding carboxylic acids is 2. The van der Waals surface area contributed by atoms with Gasteiger partial charge < -0.3 is 10.1 Å². The number of halogens is 4. The highest BCUT2D eigenvalue weighted by Crippen LogP contribution is 2.67. The topological polar surface area (TPSA) is 92.3 Å². The first-order chi connectivity index (χ1) is 15.9. The Labute approximate surface area is 197 Å². The van der Waals surface area contributed by atoms with Crippen LogP contribution < -0.4 is 10.0 Å². The van der Waals surface area contributed by atoms with Gasteiger partial charge in [0.2, 0.25) is 10.0 Å². The van der Waals surface area contributed by atoms with Gasteiger partial charge in [0.05, 0.1) is 6.26 Å². The van der Waals surface area contributed by atoms with Gasteiger partial charge in [-0.1, -0.05) is 0 Å². The number of nitrogens with one attached hydrogen (secondary N) is 2. The van der Waals surface area contributed by atoms with E-state index in [9.17, 15) is 35.6 Å². The molecule has 0 radical (unpaired) electrons. The van der Waals surface area contributed by atoms with E-state index in [1.54, 1.807) is 0 Å². The molecule has 182 valence electrons. The zero-order valence-electron chi connectivity index (χ0n) is 17.8. The minimum absolute atomic E-state index is 0.00504. The Hall–Kier alpha value is -2.44. The summed E-state index contributed by atoms with van der Waals surface area (Å²) in [6, 6.07) is 4.90. The number of sulfonamides is 1. The number of hydrogen-bond donors (Lipinski definition) is 2. The van der Waals surface area contributed by atoms with Crippen molar-refractivity contribution in [2.45, 2.75) is 23.0 Å². The lowest BCUT2D eigenvalue weighted by molar-refractivity contribution is -0.113. The van der Waals surface area contributed by atoms with Gasteiger partial charge in [0.1, 0.15) is 12.1 Å². The minimum Gasteiger partial charge on any atom is -0.322 e. The summed E-state index contributed by atoms with van der Waals surface area (Å²) in [6.07, 6.45) is 3.00. The van der Waals surface area contributed by atoms with Crippen LogP contribution in [0.25, 0.3) is 0 Å². The zero-order valence-corrected chi connectivity index (χ0v) is 19.4. The van der Waals surface area contributed by atoms with Gasteiger partial charge >= 0.3 is 0 Å². The van der Waals surface area contributed by atoms with E-state index in [-0.39, 0.29) is 39.8 Å². The van der Waals surface area contributed by atoms with Crippen molar-refractivity contribution in [2.75, 3.05) is 18.1 Å². The molecule has 0 saturated heterocycles. The Balaban J connectivity index is 1.41. The van der Waals surface area contributed by atoms with Crippen molar-refractivity contribution in [2.24, 2.45) is 17.3 Å². The van der Waals surface area contributed by atoms with E-state index in [1.807, 2.05) is 0 Å². The van der Waals surface area contributed by atoms with Crippen LogP contribution in [0.3, 0.4) is 0 Å². The second-order valence-electron chi connectivity index (χ2n) is 8.60. The highest BCUT2D eigenvalue weighted by molar-refractivity contribution is 8.00. The largest absolute Gasteiger partial charge is 0.322 e. The zero-order chi connectivity index (χ0) is 24.8. The van der Waals surface area contributed by atoms with Gasteiger partial charge in [-0.2, -0.15) is 0 Å². The van der Waals surface area contributed by atoms with E-state index >= 15 is 0 Å². The van der Waals surface area contributed by atoms with Crippen molar-refractivity contribution < 1.29 is 35.6 Å². The average molecular weight is 517 g/mol. The highest BCUT2D eigenvalue weighted by atomic mass is 32.2. The normalized spacial score (nSPS) is 25.6. The molecule has 4 rings (SSSR count). The smallest absolute Gasteiger partial charge is 0.255 e. The van der Waals surface area contributed by atoms with Crippen molar-refractivity contribution >= 4 is 39.7 Å². The summed E-state index contributed by atoms with van der Waals surface area (Å²) in [5.41, 5.74) is -0.986. The molecule has 34 heavy (non-hydrogen) atoms. The molecule has 1 amide bonds. The Morgan fingerprint density at radius 2 is 1.71 bits per heavy atom. The maximum atomic E-state index is 14.4. The van der Waals surface area contributed by atoms with Crippen LogP contribution in [0.4, 0.5) is 23.2 Å². The molecule has 0 heterocycles. The first-order valence-electron chi connectivity index (χ1n) is 10.3. The van der Waals surface area contributed by atoms with E-state index in [2.05, 4.69) is 10.0 Å². The predicted octanol–water partition coefficient (Wildman–Crippen LogP) is 3.73. The van der Waals surface area contributed by atoms with E-state index in [4.69, 9.17) is 0 Å². The third-order valence-corrected chi connectivity index (χ3v) is 8.33. The Morgan fingerprint density at radius 3 is 2.26 bits per heavy atom. The van der Waals surface area contributed by atoms with Crippen molar-refractivity contribution in [3.8, 4) is 0 Å². The molecular formula is C22H20F4N2O4S2. The van der Waals surface area contributed by atoms with Crippen molar-refractivity contribution in [1.29, 1.82) is 0 Å². The molecule has 0 aliphatic heterocycles. The van der Waals surface area contributed by atoms with Gasteiger partial charge in [-0.3, -0.25) is 4.79 Å². The monoisotopic (exact) mass is 516 g/mol. The SMILES string of the molecule is CS(=O)(=O)NCC1(C=O)C2CC(Sc3cc(C(=O)Nc4cc(F)c(F)c(F)c4)ccc3F)CC21. The number of benzene rings is 2. The van der Waals surface area contributed by atoms with Crippen LogP contribution in [-0.2, 0) is 14.8 Å². The summed E-state index contributed by atoms with van der Waals surface area (Å²) in [4.78, 5) is 24.3. The van der Waals surface area contributed by atoms with Crippen molar-refractivity contribution in [1.82, 2.24) is 4.72 Å². The van der Waals surface area contributed by atoms with Crippen LogP contribution in [0.5, 0.6) is 0 Å². The van der Waals surface area contributed by atoms with Crippen LogP contribution in [0.15, 0.2) is 35.2 Å². The van der Waals surface area contributed by atoms with Gasteiger partial charge in [-0.05, 0) is 42.9 Å². The lowest BCUT2D eigenvalue weighted by Crippen LogP contribution is -2.33. The first-order valence-corrected chi connectivity index (χ1v) is 13.0.